The summed E-state index contributed by atoms with van der Waals surface area (Å²) < 4.78 is 0.698. The molecular formula is C11H6N6O5. The summed E-state index contributed by atoms with van der Waals surface area (Å²) in [6.45, 7) is 0. The van der Waals surface area contributed by atoms with Crippen LogP contribution in [0.25, 0.3) is 6.08 Å². The molecule has 0 spiro atoms. The zero-order valence-electron chi connectivity index (χ0n) is 10.6. The zero-order chi connectivity index (χ0) is 16.3. The summed E-state index contributed by atoms with van der Waals surface area (Å²) in [5.41, 5.74) is -1.22. The number of aromatic hydroxyl groups is 2. The number of benzene rings is 1. The van der Waals surface area contributed by atoms with Crippen LogP contribution in [0.4, 0.5) is 5.69 Å². The molecular weight excluding hydrogens is 296 g/mol. The van der Waals surface area contributed by atoms with Crippen LogP contribution >= 0.6 is 0 Å². The maximum absolute atomic E-state index is 11.9. The van der Waals surface area contributed by atoms with Crippen molar-refractivity contribution in [2.24, 2.45) is 0 Å². The van der Waals surface area contributed by atoms with E-state index in [1.54, 1.807) is 6.07 Å². The number of carbonyl (C=O) groups is 1. The number of nitro benzene ring substituents is 1. The molecule has 1 aromatic carbocycles. The first-order valence-corrected chi connectivity index (χ1v) is 5.54. The summed E-state index contributed by atoms with van der Waals surface area (Å²) in [6.07, 6.45) is 1.97. The standard InChI is InChI=1S/C11H6N6O5/c12-4-7(11(20)16-5-13-14-15-16)1-6-2-8(17(21)22)10(19)9(18)3-6/h1-3,5,18-19H/b7-1+. The van der Waals surface area contributed by atoms with Gasteiger partial charge in [0.2, 0.25) is 5.75 Å². The lowest BCUT2D eigenvalue weighted by atomic mass is 10.1. The second kappa shape index (κ2) is 5.67. The maximum Gasteiger partial charge on any atom is 0.315 e. The van der Waals surface area contributed by atoms with Crippen molar-refractivity contribution in [2.75, 3.05) is 0 Å². The number of nitrogens with zero attached hydrogens (tertiary/aromatic N) is 6. The van der Waals surface area contributed by atoms with Gasteiger partial charge in [0.25, 0.3) is 5.91 Å². The van der Waals surface area contributed by atoms with Gasteiger partial charge >= 0.3 is 5.69 Å². The highest BCUT2D eigenvalue weighted by Crippen LogP contribution is 2.36. The van der Waals surface area contributed by atoms with E-state index < -0.39 is 33.6 Å². The first-order chi connectivity index (χ1) is 10.4. The molecule has 0 aliphatic rings. The highest BCUT2D eigenvalue weighted by molar-refractivity contribution is 6.02. The molecule has 22 heavy (non-hydrogen) atoms. The summed E-state index contributed by atoms with van der Waals surface area (Å²) in [4.78, 5) is 21.7. The van der Waals surface area contributed by atoms with Gasteiger partial charge in [-0.15, -0.1) is 5.10 Å². The molecule has 0 radical (unpaired) electrons. The van der Waals surface area contributed by atoms with Crippen LogP contribution < -0.4 is 0 Å². The Balaban J connectivity index is 2.49. The van der Waals surface area contributed by atoms with Gasteiger partial charge in [-0.2, -0.15) is 9.94 Å². The van der Waals surface area contributed by atoms with Crippen LogP contribution in [0.5, 0.6) is 11.5 Å². The van der Waals surface area contributed by atoms with E-state index in [1.165, 1.54) is 0 Å². The molecule has 0 aliphatic heterocycles. The lowest BCUT2D eigenvalue weighted by Gasteiger charge is -2.02. The van der Waals surface area contributed by atoms with Crippen molar-refractivity contribution in [3.63, 3.8) is 0 Å². The van der Waals surface area contributed by atoms with E-state index in [0.717, 1.165) is 24.5 Å². The number of allylic oxidation sites excluding steroid dienone is 1. The van der Waals surface area contributed by atoms with Gasteiger partial charge in [-0.3, -0.25) is 14.9 Å². The third-order valence-electron chi connectivity index (χ3n) is 2.51. The lowest BCUT2D eigenvalue weighted by molar-refractivity contribution is -0.386. The van der Waals surface area contributed by atoms with Crippen molar-refractivity contribution in [2.45, 2.75) is 0 Å². The summed E-state index contributed by atoms with van der Waals surface area (Å²) in [5.74, 6) is -2.53. The number of carbonyl (C=O) groups excluding carboxylic acids is 1. The minimum atomic E-state index is -0.915. The molecule has 0 fully saturated rings. The number of hydrogen-bond acceptors (Lipinski definition) is 9. The first kappa shape index (κ1) is 14.6. The zero-order valence-corrected chi connectivity index (χ0v) is 10.6. The number of hydrogen-bond donors (Lipinski definition) is 2. The topological polar surface area (TPSA) is 168 Å². The van der Waals surface area contributed by atoms with E-state index >= 15 is 0 Å². The quantitative estimate of drug-likeness (QED) is 0.201. The molecule has 0 unspecified atom stereocenters. The third-order valence-corrected chi connectivity index (χ3v) is 2.51. The SMILES string of the molecule is N#C/C(=C\c1cc(O)c(O)c([N+](=O)[O-])c1)C(=O)n1cnnn1. The molecule has 0 atom stereocenters. The minimum Gasteiger partial charge on any atom is -0.504 e. The fourth-order valence-corrected chi connectivity index (χ4v) is 1.53. The Morgan fingerprint density at radius 1 is 1.45 bits per heavy atom. The van der Waals surface area contributed by atoms with Gasteiger partial charge in [-0.25, -0.2) is 0 Å². The van der Waals surface area contributed by atoms with Crippen molar-refractivity contribution < 1.29 is 19.9 Å². The van der Waals surface area contributed by atoms with Crippen molar-refractivity contribution in [1.82, 2.24) is 20.2 Å². The van der Waals surface area contributed by atoms with Crippen LogP contribution in [-0.4, -0.2) is 41.3 Å². The normalized spacial score (nSPS) is 11.0. The molecule has 1 heterocycles. The van der Waals surface area contributed by atoms with Gasteiger partial charge in [-0.05, 0) is 28.1 Å². The highest BCUT2D eigenvalue weighted by atomic mass is 16.6. The fourth-order valence-electron chi connectivity index (χ4n) is 1.53. The van der Waals surface area contributed by atoms with Crippen LogP contribution in [0, 0.1) is 21.4 Å². The molecule has 2 aromatic rings. The van der Waals surface area contributed by atoms with Crippen molar-refractivity contribution >= 4 is 17.7 Å². The van der Waals surface area contributed by atoms with E-state index in [9.17, 15) is 25.1 Å². The highest BCUT2D eigenvalue weighted by Gasteiger charge is 2.19. The molecule has 110 valence electrons. The van der Waals surface area contributed by atoms with E-state index in [-0.39, 0.29) is 5.56 Å². The average Bonchev–Trinajstić information content (AvgIpc) is 3.01. The van der Waals surface area contributed by atoms with Crippen molar-refractivity contribution in [3.8, 4) is 17.6 Å². The number of tetrazole rings is 1. The van der Waals surface area contributed by atoms with Gasteiger partial charge in [-0.1, -0.05) is 0 Å². The second-order valence-corrected chi connectivity index (χ2v) is 3.89. The molecule has 11 heteroatoms. The van der Waals surface area contributed by atoms with Crippen LogP contribution in [0.15, 0.2) is 24.0 Å². The summed E-state index contributed by atoms with van der Waals surface area (Å²) in [5, 5.41) is 48.4. The largest absolute Gasteiger partial charge is 0.504 e. The number of rotatable bonds is 3. The Kier molecular flexibility index (Phi) is 3.76. The Hall–Kier alpha value is -3.81. The smallest absolute Gasteiger partial charge is 0.315 e. The Morgan fingerprint density at radius 2 is 2.18 bits per heavy atom. The first-order valence-electron chi connectivity index (χ1n) is 5.54. The van der Waals surface area contributed by atoms with Crippen LogP contribution in [0.3, 0.4) is 0 Å². The average molecular weight is 302 g/mol. The number of phenols is 2. The maximum atomic E-state index is 11.9. The molecule has 0 aliphatic carbocycles. The predicted molar refractivity (Wildman–Crippen MR) is 68.5 cm³/mol. The number of nitriles is 1. The van der Waals surface area contributed by atoms with Crippen LogP contribution in [0.1, 0.15) is 10.4 Å². The molecule has 2 rings (SSSR count). The Labute approximate surface area is 121 Å². The van der Waals surface area contributed by atoms with Gasteiger partial charge in [0, 0.05) is 6.07 Å². The molecule has 0 saturated heterocycles. The Morgan fingerprint density at radius 3 is 2.73 bits per heavy atom. The van der Waals surface area contributed by atoms with E-state index in [0.29, 0.717) is 4.68 Å². The number of phenolic OH excluding ortho intramolecular Hbond substituents is 2. The van der Waals surface area contributed by atoms with Crippen molar-refractivity contribution in [1.29, 1.82) is 5.26 Å². The lowest BCUT2D eigenvalue weighted by Crippen LogP contribution is -2.13. The number of aromatic nitrogens is 4. The minimum absolute atomic E-state index is 0.0278. The molecule has 0 saturated carbocycles. The monoisotopic (exact) mass is 302 g/mol. The third kappa shape index (κ3) is 2.70. The van der Waals surface area contributed by atoms with Crippen LogP contribution in [0.2, 0.25) is 0 Å². The fraction of sp³-hybridized carbons (Fsp3) is 0. The molecule has 1 aromatic heterocycles. The Bertz CT molecular complexity index is 820. The van der Waals surface area contributed by atoms with E-state index in [4.69, 9.17) is 5.26 Å². The van der Waals surface area contributed by atoms with Crippen molar-refractivity contribution in [3.05, 3.63) is 39.7 Å². The predicted octanol–water partition coefficient (Wildman–Crippen LogP) is 0.240. The molecule has 11 nitrogen and oxygen atoms in total. The summed E-state index contributed by atoms with van der Waals surface area (Å²) in [6, 6.07) is 3.47. The van der Waals surface area contributed by atoms with Gasteiger partial charge in [0.05, 0.1) is 4.92 Å². The molecule has 0 bridgehead atoms. The summed E-state index contributed by atoms with van der Waals surface area (Å²) >= 11 is 0. The van der Waals surface area contributed by atoms with E-state index in [2.05, 4.69) is 15.5 Å². The molecule has 0 amide bonds. The van der Waals surface area contributed by atoms with Gasteiger partial charge in [0.15, 0.2) is 5.75 Å². The number of nitro groups is 1. The van der Waals surface area contributed by atoms with Crippen LogP contribution in [-0.2, 0) is 0 Å². The second-order valence-electron chi connectivity index (χ2n) is 3.89. The van der Waals surface area contributed by atoms with Gasteiger partial charge < -0.3 is 10.2 Å². The van der Waals surface area contributed by atoms with Gasteiger partial charge in [0.1, 0.15) is 18.0 Å². The van der Waals surface area contributed by atoms with E-state index in [1.807, 2.05) is 0 Å². The summed E-state index contributed by atoms with van der Waals surface area (Å²) in [7, 11) is 0. The molecule has 2 N–H and O–H groups in total.